The highest BCUT2D eigenvalue weighted by Crippen LogP contribution is 2.25. The number of ether oxygens (including phenoxy) is 1. The molecule has 0 heterocycles. The first kappa shape index (κ1) is 14.7. The summed E-state index contributed by atoms with van der Waals surface area (Å²) in [4.78, 5) is 12.2. The minimum Gasteiger partial charge on any atom is -0.496 e. The van der Waals surface area contributed by atoms with E-state index in [1.54, 1.807) is 18.2 Å². The number of hydrogen-bond donors (Lipinski definition) is 0. The maximum atomic E-state index is 13.1. The van der Waals surface area contributed by atoms with E-state index in [9.17, 15) is 13.6 Å². The quantitative estimate of drug-likeness (QED) is 0.781. The first-order valence-electron chi connectivity index (χ1n) is 5.81. The molecule has 5 heteroatoms. The van der Waals surface area contributed by atoms with Gasteiger partial charge in [0, 0.05) is 17.0 Å². The Kier molecular flexibility index (Phi) is 4.49. The van der Waals surface area contributed by atoms with E-state index < -0.39 is 11.6 Å². The number of Topliss-reactive ketones (excluding diaryl/α,β-unsaturated/α-hetero) is 1. The number of rotatable bonds is 4. The third-order valence-corrected chi connectivity index (χ3v) is 3.24. The highest BCUT2D eigenvalue weighted by atomic mass is 79.9. The van der Waals surface area contributed by atoms with Gasteiger partial charge in [-0.25, -0.2) is 8.78 Å². The molecule has 2 rings (SSSR count). The molecule has 0 unspecified atom stereocenters. The van der Waals surface area contributed by atoms with Crippen LogP contribution in [0.25, 0.3) is 0 Å². The maximum Gasteiger partial charge on any atom is 0.170 e. The molecule has 104 valence electrons. The van der Waals surface area contributed by atoms with Crippen LogP contribution in [0.2, 0.25) is 0 Å². The fourth-order valence-corrected chi connectivity index (χ4v) is 2.23. The Morgan fingerprint density at radius 3 is 2.40 bits per heavy atom. The minimum atomic E-state index is -0.699. The van der Waals surface area contributed by atoms with E-state index in [0.29, 0.717) is 11.3 Å². The lowest BCUT2D eigenvalue weighted by molar-refractivity contribution is 0.0990. The minimum absolute atomic E-state index is 0.0906. The first-order valence-corrected chi connectivity index (χ1v) is 6.60. The van der Waals surface area contributed by atoms with E-state index >= 15 is 0 Å². The van der Waals surface area contributed by atoms with Gasteiger partial charge in [-0.3, -0.25) is 4.79 Å². The summed E-state index contributed by atoms with van der Waals surface area (Å²) in [5, 5.41) is 0. The molecule has 0 aromatic heterocycles. The average molecular weight is 341 g/mol. The standard InChI is InChI=1S/C15H11BrF2O2/c1-20-15-7-10(16)2-3-13(15)14(19)6-9-4-11(17)8-12(18)5-9/h2-5,7-8H,6H2,1H3. The van der Waals surface area contributed by atoms with Gasteiger partial charge in [-0.15, -0.1) is 0 Å². The van der Waals surface area contributed by atoms with Crippen molar-refractivity contribution in [1.82, 2.24) is 0 Å². The largest absolute Gasteiger partial charge is 0.496 e. The Hall–Kier alpha value is -1.75. The van der Waals surface area contributed by atoms with Crippen LogP contribution in [0.15, 0.2) is 40.9 Å². The van der Waals surface area contributed by atoms with Gasteiger partial charge in [0.1, 0.15) is 17.4 Å². The van der Waals surface area contributed by atoms with Crippen LogP contribution in [0.3, 0.4) is 0 Å². The van der Waals surface area contributed by atoms with Crippen LogP contribution >= 0.6 is 15.9 Å². The predicted octanol–water partition coefficient (Wildman–Crippen LogP) is 4.16. The van der Waals surface area contributed by atoms with Crippen LogP contribution in [0.1, 0.15) is 15.9 Å². The van der Waals surface area contributed by atoms with Crippen molar-refractivity contribution in [2.24, 2.45) is 0 Å². The van der Waals surface area contributed by atoms with Gasteiger partial charge in [-0.05, 0) is 35.9 Å². The SMILES string of the molecule is COc1cc(Br)ccc1C(=O)Cc1cc(F)cc(F)c1. The number of benzene rings is 2. The number of carbonyl (C=O) groups excluding carboxylic acids is 1. The smallest absolute Gasteiger partial charge is 0.170 e. The fraction of sp³-hybridized carbons (Fsp3) is 0.133. The molecule has 0 aliphatic rings. The molecule has 2 aromatic rings. The molecule has 0 saturated heterocycles. The highest BCUT2D eigenvalue weighted by Gasteiger charge is 2.14. The zero-order valence-corrected chi connectivity index (χ0v) is 12.2. The third kappa shape index (κ3) is 3.42. The number of methoxy groups -OCH3 is 1. The number of carbonyl (C=O) groups is 1. The van der Waals surface area contributed by atoms with Crippen molar-refractivity contribution in [2.75, 3.05) is 7.11 Å². The molecule has 0 atom stereocenters. The van der Waals surface area contributed by atoms with Gasteiger partial charge in [0.15, 0.2) is 5.78 Å². The van der Waals surface area contributed by atoms with Crippen LogP contribution in [0.5, 0.6) is 5.75 Å². The second-order valence-corrected chi connectivity index (χ2v) is 5.14. The van der Waals surface area contributed by atoms with E-state index in [2.05, 4.69) is 15.9 Å². The van der Waals surface area contributed by atoms with Crippen molar-refractivity contribution in [2.45, 2.75) is 6.42 Å². The van der Waals surface area contributed by atoms with Gasteiger partial charge in [0.05, 0.1) is 12.7 Å². The lowest BCUT2D eigenvalue weighted by Crippen LogP contribution is -2.06. The molecule has 0 bridgehead atoms. The second-order valence-electron chi connectivity index (χ2n) is 4.22. The van der Waals surface area contributed by atoms with Crippen LogP contribution in [-0.2, 0) is 6.42 Å². The molecule has 2 aromatic carbocycles. The van der Waals surface area contributed by atoms with Crippen LogP contribution in [0, 0.1) is 11.6 Å². The monoisotopic (exact) mass is 340 g/mol. The van der Waals surface area contributed by atoms with E-state index in [1.807, 2.05) is 0 Å². The Labute approximate surface area is 123 Å². The van der Waals surface area contributed by atoms with Crippen molar-refractivity contribution in [3.63, 3.8) is 0 Å². The van der Waals surface area contributed by atoms with Crippen LogP contribution in [-0.4, -0.2) is 12.9 Å². The molecule has 0 aliphatic carbocycles. The third-order valence-electron chi connectivity index (χ3n) is 2.75. The normalized spacial score (nSPS) is 10.4. The Bertz CT molecular complexity index is 636. The summed E-state index contributed by atoms with van der Waals surface area (Å²) in [6, 6.07) is 8.05. The fourth-order valence-electron chi connectivity index (χ4n) is 1.89. The van der Waals surface area contributed by atoms with E-state index in [0.717, 1.165) is 22.7 Å². The first-order chi connectivity index (χ1) is 9.49. The average Bonchev–Trinajstić information content (AvgIpc) is 2.37. The van der Waals surface area contributed by atoms with Gasteiger partial charge in [0.2, 0.25) is 0 Å². The molecule has 0 saturated carbocycles. The summed E-state index contributed by atoms with van der Waals surface area (Å²) < 4.78 is 32.1. The molecule has 0 aliphatic heterocycles. The zero-order chi connectivity index (χ0) is 14.7. The molecule has 2 nitrogen and oxygen atoms in total. The number of halogens is 3. The van der Waals surface area contributed by atoms with Gasteiger partial charge in [0.25, 0.3) is 0 Å². The van der Waals surface area contributed by atoms with Crippen molar-refractivity contribution in [3.05, 3.63) is 63.6 Å². The summed E-state index contributed by atoms with van der Waals surface area (Å²) in [7, 11) is 1.46. The van der Waals surface area contributed by atoms with Gasteiger partial charge in [-0.2, -0.15) is 0 Å². The molecule has 20 heavy (non-hydrogen) atoms. The summed E-state index contributed by atoms with van der Waals surface area (Å²) in [5.74, 6) is -1.24. The van der Waals surface area contributed by atoms with E-state index in [1.165, 1.54) is 7.11 Å². The van der Waals surface area contributed by atoms with Crippen LogP contribution < -0.4 is 4.74 Å². The predicted molar refractivity (Wildman–Crippen MR) is 75.1 cm³/mol. The van der Waals surface area contributed by atoms with Gasteiger partial charge in [-0.1, -0.05) is 15.9 Å². The second kappa shape index (κ2) is 6.13. The summed E-state index contributed by atoms with van der Waals surface area (Å²) in [5.41, 5.74) is 0.665. The summed E-state index contributed by atoms with van der Waals surface area (Å²) >= 11 is 3.28. The molecule has 0 N–H and O–H groups in total. The summed E-state index contributed by atoms with van der Waals surface area (Å²) in [6.45, 7) is 0. The molecule has 0 spiro atoms. The Morgan fingerprint density at radius 1 is 1.15 bits per heavy atom. The number of ketones is 1. The number of hydrogen-bond acceptors (Lipinski definition) is 2. The lowest BCUT2D eigenvalue weighted by atomic mass is 10.0. The molecular weight excluding hydrogens is 330 g/mol. The lowest BCUT2D eigenvalue weighted by Gasteiger charge is -2.08. The topological polar surface area (TPSA) is 26.3 Å². The molecule has 0 radical (unpaired) electrons. The van der Waals surface area contributed by atoms with E-state index in [4.69, 9.17) is 4.74 Å². The van der Waals surface area contributed by atoms with Crippen molar-refractivity contribution < 1.29 is 18.3 Å². The van der Waals surface area contributed by atoms with Gasteiger partial charge >= 0.3 is 0 Å². The Morgan fingerprint density at radius 2 is 1.80 bits per heavy atom. The molecule has 0 fully saturated rings. The summed E-state index contributed by atoms with van der Waals surface area (Å²) in [6.07, 6.45) is -0.0906. The van der Waals surface area contributed by atoms with Gasteiger partial charge < -0.3 is 4.74 Å². The van der Waals surface area contributed by atoms with Crippen molar-refractivity contribution in [1.29, 1.82) is 0 Å². The Balaban J connectivity index is 2.28. The van der Waals surface area contributed by atoms with E-state index in [-0.39, 0.29) is 17.8 Å². The van der Waals surface area contributed by atoms with Crippen LogP contribution in [0.4, 0.5) is 8.78 Å². The van der Waals surface area contributed by atoms with Crippen molar-refractivity contribution >= 4 is 21.7 Å². The van der Waals surface area contributed by atoms with Crippen molar-refractivity contribution in [3.8, 4) is 5.75 Å². The highest BCUT2D eigenvalue weighted by molar-refractivity contribution is 9.10. The molecular formula is C15H11BrF2O2. The zero-order valence-electron chi connectivity index (χ0n) is 10.6. The molecule has 0 amide bonds. The maximum absolute atomic E-state index is 13.1.